The number of carbonyl (C=O) groups is 2. The summed E-state index contributed by atoms with van der Waals surface area (Å²) in [6, 6.07) is 3.03. The van der Waals surface area contributed by atoms with Crippen LogP contribution >= 0.6 is 0 Å². The van der Waals surface area contributed by atoms with Crippen molar-refractivity contribution in [3.63, 3.8) is 0 Å². The third kappa shape index (κ3) is 3.14. The van der Waals surface area contributed by atoms with Gasteiger partial charge in [0.1, 0.15) is 5.69 Å². The van der Waals surface area contributed by atoms with Gasteiger partial charge in [-0.05, 0) is 37.8 Å². The first-order valence-corrected chi connectivity index (χ1v) is 6.74. The van der Waals surface area contributed by atoms with Crippen molar-refractivity contribution >= 4 is 11.9 Å². The molecule has 108 valence electrons. The molecule has 0 aliphatic heterocycles. The number of carbonyl (C=O) groups excluding carboxylic acids is 1. The Labute approximate surface area is 117 Å². The summed E-state index contributed by atoms with van der Waals surface area (Å²) in [5, 5.41) is 17.8. The van der Waals surface area contributed by atoms with Crippen molar-refractivity contribution in [3.05, 3.63) is 29.6 Å². The van der Waals surface area contributed by atoms with Crippen LogP contribution in [0.3, 0.4) is 0 Å². The van der Waals surface area contributed by atoms with Gasteiger partial charge in [0, 0.05) is 31.0 Å². The molecule has 6 nitrogen and oxygen atoms in total. The molecule has 0 bridgehead atoms. The van der Waals surface area contributed by atoms with Gasteiger partial charge in [-0.2, -0.15) is 0 Å². The van der Waals surface area contributed by atoms with E-state index in [-0.39, 0.29) is 24.2 Å². The van der Waals surface area contributed by atoms with Crippen LogP contribution in [-0.2, 0) is 0 Å². The van der Waals surface area contributed by atoms with E-state index in [9.17, 15) is 9.59 Å². The van der Waals surface area contributed by atoms with Gasteiger partial charge >= 0.3 is 5.97 Å². The highest BCUT2D eigenvalue weighted by Gasteiger charge is 2.29. The molecule has 1 aliphatic carbocycles. The van der Waals surface area contributed by atoms with Crippen molar-refractivity contribution in [3.8, 4) is 0 Å². The van der Waals surface area contributed by atoms with Crippen molar-refractivity contribution in [2.75, 3.05) is 13.2 Å². The summed E-state index contributed by atoms with van der Waals surface area (Å²) in [7, 11) is 0. The molecule has 1 aromatic rings. The lowest BCUT2D eigenvalue weighted by atomic mass is 9.91. The van der Waals surface area contributed by atoms with Crippen molar-refractivity contribution in [1.82, 2.24) is 9.88 Å². The summed E-state index contributed by atoms with van der Waals surface area (Å²) in [6.45, 7) is 0.526. The number of pyridine rings is 1. The van der Waals surface area contributed by atoms with Crippen molar-refractivity contribution in [2.45, 2.75) is 31.7 Å². The smallest absolute Gasteiger partial charge is 0.354 e. The number of aromatic nitrogens is 1. The van der Waals surface area contributed by atoms with E-state index in [0.29, 0.717) is 18.5 Å². The predicted molar refractivity (Wildman–Crippen MR) is 71.6 cm³/mol. The standard InChI is InChI=1S/C14H18N2O4/c17-8-2-7-16(11-3-1-4-11)13(18)10-5-6-15-12(9-10)14(19)20/h5-6,9,11,17H,1-4,7-8H2,(H,19,20). The van der Waals surface area contributed by atoms with E-state index < -0.39 is 5.97 Å². The van der Waals surface area contributed by atoms with E-state index in [0.717, 1.165) is 19.3 Å². The van der Waals surface area contributed by atoms with Gasteiger partial charge in [0.15, 0.2) is 0 Å². The van der Waals surface area contributed by atoms with Gasteiger partial charge in [0.05, 0.1) is 0 Å². The molecule has 2 N–H and O–H groups in total. The highest BCUT2D eigenvalue weighted by molar-refractivity contribution is 5.96. The Kier molecular flexibility index (Phi) is 4.68. The fourth-order valence-corrected chi connectivity index (χ4v) is 2.24. The second-order valence-electron chi connectivity index (χ2n) is 4.90. The summed E-state index contributed by atoms with van der Waals surface area (Å²) >= 11 is 0. The third-order valence-corrected chi connectivity index (χ3v) is 3.56. The Bertz CT molecular complexity index is 500. The minimum atomic E-state index is -1.15. The van der Waals surface area contributed by atoms with E-state index in [2.05, 4.69) is 4.98 Å². The van der Waals surface area contributed by atoms with E-state index in [1.54, 1.807) is 4.90 Å². The van der Waals surface area contributed by atoms with Gasteiger partial charge in [-0.25, -0.2) is 9.78 Å². The number of aromatic carboxylic acids is 1. The largest absolute Gasteiger partial charge is 0.477 e. The Morgan fingerprint density at radius 3 is 2.70 bits per heavy atom. The summed E-state index contributed by atoms with van der Waals surface area (Å²) in [5.41, 5.74) is 0.203. The van der Waals surface area contributed by atoms with Gasteiger partial charge < -0.3 is 15.1 Å². The summed E-state index contributed by atoms with van der Waals surface area (Å²) in [6.07, 6.45) is 4.90. The molecule has 1 aliphatic rings. The number of carboxylic acids is 1. The Morgan fingerprint density at radius 1 is 1.40 bits per heavy atom. The number of hydrogen-bond acceptors (Lipinski definition) is 4. The SMILES string of the molecule is O=C(O)c1cc(C(=O)N(CCCO)C2CCC2)ccn1. The zero-order chi connectivity index (χ0) is 14.5. The number of aliphatic hydroxyl groups is 1. The third-order valence-electron chi connectivity index (χ3n) is 3.56. The number of hydrogen-bond donors (Lipinski definition) is 2. The average Bonchev–Trinajstić information content (AvgIpc) is 2.40. The fourth-order valence-electron chi connectivity index (χ4n) is 2.24. The molecule has 20 heavy (non-hydrogen) atoms. The van der Waals surface area contributed by atoms with Crippen molar-refractivity contribution in [2.24, 2.45) is 0 Å². The molecule has 0 saturated heterocycles. The first-order valence-electron chi connectivity index (χ1n) is 6.74. The summed E-state index contributed by atoms with van der Waals surface area (Å²) < 4.78 is 0. The molecule has 0 radical (unpaired) electrons. The molecule has 6 heteroatoms. The fraction of sp³-hybridized carbons (Fsp3) is 0.500. The zero-order valence-electron chi connectivity index (χ0n) is 11.2. The molecule has 0 atom stereocenters. The minimum Gasteiger partial charge on any atom is -0.477 e. The van der Waals surface area contributed by atoms with Crippen LogP contribution in [0, 0.1) is 0 Å². The molecule has 1 amide bonds. The van der Waals surface area contributed by atoms with E-state index >= 15 is 0 Å². The number of rotatable bonds is 6. The molecular weight excluding hydrogens is 260 g/mol. The molecule has 0 unspecified atom stereocenters. The second kappa shape index (κ2) is 6.47. The van der Waals surface area contributed by atoms with Crippen LogP contribution in [0.15, 0.2) is 18.3 Å². The molecule has 0 spiro atoms. The van der Waals surface area contributed by atoms with E-state index in [1.807, 2.05) is 0 Å². The zero-order valence-corrected chi connectivity index (χ0v) is 11.2. The lowest BCUT2D eigenvalue weighted by Gasteiger charge is -2.37. The van der Waals surface area contributed by atoms with Gasteiger partial charge in [-0.3, -0.25) is 4.79 Å². The average molecular weight is 278 g/mol. The van der Waals surface area contributed by atoms with Crippen LogP contribution in [0.25, 0.3) is 0 Å². The molecule has 1 saturated carbocycles. The number of aliphatic hydroxyl groups excluding tert-OH is 1. The Morgan fingerprint density at radius 2 is 2.15 bits per heavy atom. The first kappa shape index (κ1) is 14.5. The summed E-state index contributed by atoms with van der Waals surface area (Å²) in [5.74, 6) is -1.33. The van der Waals surface area contributed by atoms with Crippen LogP contribution < -0.4 is 0 Å². The second-order valence-corrected chi connectivity index (χ2v) is 4.90. The Hall–Kier alpha value is -1.95. The summed E-state index contributed by atoms with van der Waals surface area (Å²) in [4.78, 5) is 28.8. The minimum absolute atomic E-state index is 0.0349. The van der Waals surface area contributed by atoms with Gasteiger partial charge in [-0.15, -0.1) is 0 Å². The van der Waals surface area contributed by atoms with Crippen LogP contribution in [0.5, 0.6) is 0 Å². The van der Waals surface area contributed by atoms with Gasteiger partial charge in [0.25, 0.3) is 5.91 Å². The molecule has 1 aromatic heterocycles. The maximum absolute atomic E-state index is 12.5. The quantitative estimate of drug-likeness (QED) is 0.814. The maximum Gasteiger partial charge on any atom is 0.354 e. The van der Waals surface area contributed by atoms with Crippen molar-refractivity contribution in [1.29, 1.82) is 0 Å². The van der Waals surface area contributed by atoms with Crippen molar-refractivity contribution < 1.29 is 19.8 Å². The van der Waals surface area contributed by atoms with Crippen LogP contribution in [0.1, 0.15) is 46.5 Å². The van der Waals surface area contributed by atoms with Crippen LogP contribution in [-0.4, -0.2) is 51.2 Å². The predicted octanol–water partition coefficient (Wildman–Crippen LogP) is 1.16. The first-order chi connectivity index (χ1) is 9.63. The van der Waals surface area contributed by atoms with Crippen LogP contribution in [0.4, 0.5) is 0 Å². The monoisotopic (exact) mass is 278 g/mol. The Balaban J connectivity index is 2.17. The molecule has 1 fully saturated rings. The highest BCUT2D eigenvalue weighted by Crippen LogP contribution is 2.26. The highest BCUT2D eigenvalue weighted by atomic mass is 16.4. The lowest BCUT2D eigenvalue weighted by molar-refractivity contribution is 0.0562. The number of nitrogens with zero attached hydrogens (tertiary/aromatic N) is 2. The maximum atomic E-state index is 12.5. The van der Waals surface area contributed by atoms with Gasteiger partial charge in [-0.1, -0.05) is 0 Å². The topological polar surface area (TPSA) is 90.7 Å². The lowest BCUT2D eigenvalue weighted by Crippen LogP contribution is -2.45. The van der Waals surface area contributed by atoms with E-state index in [1.165, 1.54) is 18.3 Å². The van der Waals surface area contributed by atoms with Gasteiger partial charge in [0.2, 0.25) is 0 Å². The van der Waals surface area contributed by atoms with Crippen LogP contribution in [0.2, 0.25) is 0 Å². The number of carboxylic acid groups (broad SMARTS) is 1. The van der Waals surface area contributed by atoms with E-state index in [4.69, 9.17) is 10.2 Å². The normalized spacial score (nSPS) is 14.7. The molecule has 0 aromatic carbocycles. The molecule has 2 rings (SSSR count). The molecule has 1 heterocycles. The molecular formula is C14H18N2O4. The number of amides is 1.